The van der Waals surface area contributed by atoms with Gasteiger partial charge in [-0.3, -0.25) is 0 Å². The lowest BCUT2D eigenvalue weighted by atomic mass is 10.3. The van der Waals surface area contributed by atoms with Gasteiger partial charge in [-0.1, -0.05) is 23.7 Å². The van der Waals surface area contributed by atoms with E-state index in [2.05, 4.69) is 17.7 Å². The molecule has 1 heterocycles. The second kappa shape index (κ2) is 4.41. The lowest BCUT2D eigenvalue weighted by Gasteiger charge is -2.14. The zero-order valence-corrected chi connectivity index (χ0v) is 8.95. The Hall–Kier alpha value is -0.840. The van der Waals surface area contributed by atoms with Crippen molar-refractivity contribution in [2.24, 2.45) is 0 Å². The summed E-state index contributed by atoms with van der Waals surface area (Å²) in [5.41, 5.74) is 4.37. The lowest BCUT2D eigenvalue weighted by Crippen LogP contribution is -3.11. The Morgan fingerprint density at radius 3 is 2.46 bits per heavy atom. The van der Waals surface area contributed by atoms with E-state index in [-0.39, 0.29) is 17.0 Å². The first kappa shape index (κ1) is 10.2. The second-order valence-corrected chi connectivity index (χ2v) is 2.82. The number of hydrogen-bond acceptors (Lipinski definition) is 2. The highest BCUT2D eigenvalue weighted by atomic mass is 79.9. The molecule has 1 unspecified atom stereocenters. The molecule has 13 heavy (non-hydrogen) atoms. The van der Waals surface area contributed by atoms with Crippen LogP contribution in [0.25, 0.3) is 0 Å². The van der Waals surface area contributed by atoms with E-state index in [1.807, 2.05) is 42.7 Å². The first-order chi connectivity index (χ1) is 5.86. The van der Waals surface area contributed by atoms with E-state index in [4.69, 9.17) is 0 Å². The van der Waals surface area contributed by atoms with Gasteiger partial charge in [0.2, 0.25) is 0 Å². The van der Waals surface area contributed by atoms with E-state index in [0.29, 0.717) is 0 Å². The van der Waals surface area contributed by atoms with Crippen molar-refractivity contribution < 1.29 is 22.0 Å². The molecule has 4 heteroatoms. The van der Waals surface area contributed by atoms with Gasteiger partial charge in [0.05, 0.1) is 18.9 Å². The molecule has 0 amide bonds. The standard InChI is InChI=1S/C9H11N3.BrH/c1-11-7-8-12(10-11)9-5-3-2-4-6-9;/h2-8,10H,1H3;1H. The summed E-state index contributed by atoms with van der Waals surface area (Å²) < 4.78 is 0. The molecule has 3 nitrogen and oxygen atoms in total. The fourth-order valence-electron chi connectivity index (χ4n) is 1.19. The second-order valence-electron chi connectivity index (χ2n) is 2.82. The Morgan fingerprint density at radius 1 is 1.23 bits per heavy atom. The molecule has 1 aliphatic rings. The van der Waals surface area contributed by atoms with Crippen molar-refractivity contribution in [3.63, 3.8) is 0 Å². The Balaban J connectivity index is 0.000000845. The fourth-order valence-corrected chi connectivity index (χ4v) is 1.19. The molecule has 0 fully saturated rings. The van der Waals surface area contributed by atoms with Gasteiger partial charge in [0.15, 0.2) is 0 Å². The minimum Gasteiger partial charge on any atom is -1.00 e. The van der Waals surface area contributed by atoms with Crippen molar-refractivity contribution in [2.75, 3.05) is 12.1 Å². The van der Waals surface area contributed by atoms with E-state index in [0.717, 1.165) is 5.69 Å². The summed E-state index contributed by atoms with van der Waals surface area (Å²) in [6.45, 7) is 0. The van der Waals surface area contributed by atoms with Gasteiger partial charge in [-0.2, -0.15) is 0 Å². The van der Waals surface area contributed by atoms with Crippen molar-refractivity contribution in [1.82, 2.24) is 5.53 Å². The van der Waals surface area contributed by atoms with Crippen LogP contribution in [0.5, 0.6) is 0 Å². The predicted molar refractivity (Wildman–Crippen MR) is 48.1 cm³/mol. The first-order valence-corrected chi connectivity index (χ1v) is 3.99. The minimum atomic E-state index is 0. The fraction of sp³-hybridized carbons (Fsp3) is 0.111. The first-order valence-electron chi connectivity index (χ1n) is 3.99. The average Bonchev–Trinajstić information content (AvgIpc) is 2.54. The SMILES string of the molecule is C[NH+]1C=CN(c2ccccc2)N1.[Br-]. The van der Waals surface area contributed by atoms with Gasteiger partial charge in [0.25, 0.3) is 0 Å². The third-order valence-electron chi connectivity index (χ3n) is 1.80. The van der Waals surface area contributed by atoms with E-state index in [1.165, 1.54) is 5.01 Å². The number of para-hydroxylation sites is 1. The molecule has 70 valence electrons. The average molecular weight is 242 g/mol. The number of benzene rings is 1. The minimum absolute atomic E-state index is 0. The number of halogens is 1. The largest absolute Gasteiger partial charge is 1.00 e. The van der Waals surface area contributed by atoms with Crippen LogP contribution >= 0.6 is 0 Å². The summed E-state index contributed by atoms with van der Waals surface area (Å²) in [4.78, 5) is 0. The summed E-state index contributed by atoms with van der Waals surface area (Å²) in [6.07, 6.45) is 4.07. The van der Waals surface area contributed by atoms with E-state index in [9.17, 15) is 0 Å². The predicted octanol–water partition coefficient (Wildman–Crippen LogP) is -3.08. The van der Waals surface area contributed by atoms with Crippen LogP contribution in [0.1, 0.15) is 0 Å². The Labute approximate surface area is 88.4 Å². The Kier molecular flexibility index (Phi) is 3.48. The Bertz CT molecular complexity index is 286. The van der Waals surface area contributed by atoms with Crippen LogP contribution < -0.4 is 32.5 Å². The van der Waals surface area contributed by atoms with Crippen molar-refractivity contribution in [1.29, 1.82) is 0 Å². The molecular formula is C9H12BrN3. The summed E-state index contributed by atoms with van der Waals surface area (Å²) in [5.74, 6) is 0. The number of nitrogens with one attached hydrogen (secondary N) is 2. The smallest absolute Gasteiger partial charge is 0.133 e. The number of rotatable bonds is 1. The summed E-state index contributed by atoms with van der Waals surface area (Å²) in [6, 6.07) is 10.2. The van der Waals surface area contributed by atoms with Gasteiger partial charge in [0.1, 0.15) is 6.20 Å². The van der Waals surface area contributed by atoms with Gasteiger partial charge in [-0.25, -0.2) is 10.0 Å². The van der Waals surface area contributed by atoms with Gasteiger partial charge >= 0.3 is 0 Å². The molecule has 1 aromatic rings. The summed E-state index contributed by atoms with van der Waals surface area (Å²) in [5, 5.41) is 3.16. The third-order valence-corrected chi connectivity index (χ3v) is 1.80. The molecule has 2 rings (SSSR count). The monoisotopic (exact) mass is 241 g/mol. The highest BCUT2D eigenvalue weighted by Gasteiger charge is 2.12. The molecule has 0 aromatic heterocycles. The van der Waals surface area contributed by atoms with Gasteiger partial charge in [-0.05, 0) is 12.1 Å². The molecular weight excluding hydrogens is 230 g/mol. The molecule has 0 spiro atoms. The maximum atomic E-state index is 3.21. The van der Waals surface area contributed by atoms with Gasteiger partial charge < -0.3 is 17.0 Å². The van der Waals surface area contributed by atoms with Gasteiger partial charge in [-0.15, -0.1) is 0 Å². The molecule has 0 aliphatic carbocycles. The lowest BCUT2D eigenvalue weighted by molar-refractivity contribution is -0.868. The molecule has 1 atom stereocenters. The Morgan fingerprint density at radius 2 is 1.92 bits per heavy atom. The van der Waals surface area contributed by atoms with Crippen LogP contribution in [-0.4, -0.2) is 7.05 Å². The van der Waals surface area contributed by atoms with Crippen LogP contribution in [0.3, 0.4) is 0 Å². The normalized spacial score (nSPS) is 20.1. The topological polar surface area (TPSA) is 19.7 Å². The maximum absolute atomic E-state index is 3.21. The molecule has 0 saturated heterocycles. The summed E-state index contributed by atoms with van der Waals surface area (Å²) >= 11 is 0. The van der Waals surface area contributed by atoms with Crippen LogP contribution in [0.4, 0.5) is 5.69 Å². The molecule has 2 N–H and O–H groups in total. The van der Waals surface area contributed by atoms with Crippen LogP contribution in [0.15, 0.2) is 42.7 Å². The number of anilines is 1. The zero-order valence-electron chi connectivity index (χ0n) is 7.37. The highest BCUT2D eigenvalue weighted by Crippen LogP contribution is 2.10. The molecule has 0 radical (unpaired) electrons. The van der Waals surface area contributed by atoms with Gasteiger partial charge in [0, 0.05) is 0 Å². The van der Waals surface area contributed by atoms with E-state index >= 15 is 0 Å². The zero-order chi connectivity index (χ0) is 8.39. The highest BCUT2D eigenvalue weighted by molar-refractivity contribution is 5.47. The summed E-state index contributed by atoms with van der Waals surface area (Å²) in [7, 11) is 2.04. The molecule has 0 saturated carbocycles. The molecule has 0 bridgehead atoms. The van der Waals surface area contributed by atoms with Crippen LogP contribution in [0.2, 0.25) is 0 Å². The maximum Gasteiger partial charge on any atom is 0.133 e. The quantitative estimate of drug-likeness (QED) is 0.544. The van der Waals surface area contributed by atoms with Crippen molar-refractivity contribution in [2.45, 2.75) is 0 Å². The third kappa shape index (κ3) is 2.30. The molecule has 1 aromatic carbocycles. The van der Waals surface area contributed by atoms with Crippen molar-refractivity contribution in [3.8, 4) is 0 Å². The van der Waals surface area contributed by atoms with E-state index in [1.54, 1.807) is 0 Å². The van der Waals surface area contributed by atoms with E-state index < -0.39 is 0 Å². The van der Waals surface area contributed by atoms with Crippen LogP contribution in [-0.2, 0) is 0 Å². The number of hydrazine groups is 1. The van der Waals surface area contributed by atoms with Crippen molar-refractivity contribution >= 4 is 5.69 Å². The van der Waals surface area contributed by atoms with Crippen LogP contribution in [0, 0.1) is 0 Å². The number of quaternary nitrogens is 1. The number of hydrogen-bond donors (Lipinski definition) is 2. The molecule has 1 aliphatic heterocycles. The number of nitrogens with zero attached hydrogens (tertiary/aromatic N) is 1. The van der Waals surface area contributed by atoms with Crippen molar-refractivity contribution in [3.05, 3.63) is 42.7 Å².